The van der Waals surface area contributed by atoms with Crippen LogP contribution in [0.4, 0.5) is 0 Å². The van der Waals surface area contributed by atoms with Crippen molar-refractivity contribution in [3.63, 3.8) is 0 Å². The molecule has 3 N–H and O–H groups in total. The van der Waals surface area contributed by atoms with Gasteiger partial charge in [-0.1, -0.05) is 11.2 Å². The summed E-state index contributed by atoms with van der Waals surface area (Å²) in [6.45, 7) is 0.0752. The highest BCUT2D eigenvalue weighted by molar-refractivity contribution is 5.91. The molecular formula is C13H13N3O5. The Labute approximate surface area is 118 Å². The van der Waals surface area contributed by atoms with Gasteiger partial charge < -0.3 is 19.7 Å². The molecule has 0 bridgehead atoms. The number of carboxylic acids is 1. The molecule has 1 aromatic heterocycles. The molecule has 0 radical (unpaired) electrons. The van der Waals surface area contributed by atoms with Crippen LogP contribution >= 0.6 is 0 Å². The Balaban J connectivity index is 2.21. The van der Waals surface area contributed by atoms with Gasteiger partial charge in [-0.25, -0.2) is 4.79 Å². The minimum absolute atomic E-state index is 0.0752. The van der Waals surface area contributed by atoms with Gasteiger partial charge in [0, 0.05) is 16.8 Å². The van der Waals surface area contributed by atoms with Gasteiger partial charge in [-0.05, 0) is 35.7 Å². The van der Waals surface area contributed by atoms with Gasteiger partial charge in [0.05, 0.1) is 6.10 Å². The highest BCUT2D eigenvalue weighted by atomic mass is 16.4. The molecule has 2 atom stereocenters. The smallest absolute Gasteiger partial charge is 0.371 e. The van der Waals surface area contributed by atoms with Gasteiger partial charge in [-0.3, -0.25) is 0 Å². The predicted octanol–water partition coefficient (Wildman–Crippen LogP) is 2.23. The van der Waals surface area contributed by atoms with Gasteiger partial charge in [-0.15, -0.1) is 0 Å². The van der Waals surface area contributed by atoms with Gasteiger partial charge in [0.15, 0.2) is 0 Å². The number of carboxylic acid groups (broad SMARTS) is 1. The first-order chi connectivity index (χ1) is 10.0. The Morgan fingerprint density at radius 2 is 2.14 bits per heavy atom. The number of rotatable bonds is 6. The van der Waals surface area contributed by atoms with E-state index in [0.717, 1.165) is 0 Å². The number of benzene rings is 1. The SMILES string of the molecule is [N-]=[N+]=NCCC(O)C(O)c1ccc2oc(C(=O)O)cc2c1. The van der Waals surface area contributed by atoms with Crippen molar-refractivity contribution in [2.75, 3.05) is 6.54 Å². The van der Waals surface area contributed by atoms with Crippen LogP contribution in [0.1, 0.15) is 28.6 Å². The van der Waals surface area contributed by atoms with Gasteiger partial charge in [0.25, 0.3) is 0 Å². The number of aliphatic hydroxyl groups is 2. The lowest BCUT2D eigenvalue weighted by Gasteiger charge is -2.17. The number of hydrogen-bond acceptors (Lipinski definition) is 5. The van der Waals surface area contributed by atoms with Gasteiger partial charge in [0.2, 0.25) is 5.76 Å². The van der Waals surface area contributed by atoms with E-state index in [1.807, 2.05) is 0 Å². The van der Waals surface area contributed by atoms with Crippen LogP contribution in [-0.4, -0.2) is 33.9 Å². The van der Waals surface area contributed by atoms with Crippen molar-refractivity contribution in [3.05, 3.63) is 46.0 Å². The monoisotopic (exact) mass is 291 g/mol. The second-order valence-corrected chi connectivity index (χ2v) is 4.47. The lowest BCUT2D eigenvalue weighted by molar-refractivity contribution is 0.0151. The standard InChI is InChI=1S/C13H13N3O5/c14-16-15-4-3-9(17)12(18)7-1-2-10-8(5-7)6-11(21-10)13(19)20/h1-2,5-6,9,12,17-18H,3-4H2,(H,19,20). The summed E-state index contributed by atoms with van der Waals surface area (Å²) in [7, 11) is 0. The van der Waals surface area contributed by atoms with Crippen molar-refractivity contribution in [2.45, 2.75) is 18.6 Å². The molecule has 2 rings (SSSR count). The molecule has 8 heteroatoms. The minimum atomic E-state index is -1.18. The lowest BCUT2D eigenvalue weighted by atomic mass is 10.0. The molecule has 1 heterocycles. The molecule has 2 aromatic rings. The fourth-order valence-corrected chi connectivity index (χ4v) is 1.97. The van der Waals surface area contributed by atoms with E-state index in [-0.39, 0.29) is 18.7 Å². The Bertz CT molecular complexity index is 705. The molecule has 8 nitrogen and oxygen atoms in total. The van der Waals surface area contributed by atoms with Crippen molar-refractivity contribution in [1.29, 1.82) is 0 Å². The second-order valence-electron chi connectivity index (χ2n) is 4.47. The molecule has 0 saturated carbocycles. The highest BCUT2D eigenvalue weighted by Crippen LogP contribution is 2.26. The summed E-state index contributed by atoms with van der Waals surface area (Å²) in [5.41, 5.74) is 8.96. The van der Waals surface area contributed by atoms with E-state index in [4.69, 9.17) is 15.1 Å². The topological polar surface area (TPSA) is 140 Å². The van der Waals surface area contributed by atoms with Crippen LogP contribution in [0.5, 0.6) is 0 Å². The third-order valence-electron chi connectivity index (χ3n) is 3.05. The van der Waals surface area contributed by atoms with E-state index in [9.17, 15) is 15.0 Å². The maximum atomic E-state index is 10.8. The van der Waals surface area contributed by atoms with Gasteiger partial charge >= 0.3 is 5.97 Å². The number of hydrogen-bond donors (Lipinski definition) is 3. The molecule has 0 spiro atoms. The van der Waals surface area contributed by atoms with Crippen LogP contribution in [0, 0.1) is 0 Å². The second kappa shape index (κ2) is 6.27. The first kappa shape index (κ1) is 14.9. The Morgan fingerprint density at radius 3 is 2.81 bits per heavy atom. The molecule has 0 saturated heterocycles. The Morgan fingerprint density at radius 1 is 1.38 bits per heavy atom. The summed E-state index contributed by atoms with van der Waals surface area (Å²) in [5, 5.41) is 32.5. The van der Waals surface area contributed by atoms with E-state index in [0.29, 0.717) is 16.5 Å². The lowest BCUT2D eigenvalue weighted by Crippen LogP contribution is -2.19. The van der Waals surface area contributed by atoms with E-state index >= 15 is 0 Å². The van der Waals surface area contributed by atoms with Crippen molar-refractivity contribution in [2.24, 2.45) is 5.11 Å². The maximum absolute atomic E-state index is 10.8. The van der Waals surface area contributed by atoms with Crippen LogP contribution in [0.2, 0.25) is 0 Å². The van der Waals surface area contributed by atoms with Crippen LogP contribution in [-0.2, 0) is 0 Å². The molecular weight excluding hydrogens is 278 g/mol. The van der Waals surface area contributed by atoms with E-state index in [1.54, 1.807) is 12.1 Å². The van der Waals surface area contributed by atoms with Crippen molar-refractivity contribution >= 4 is 16.9 Å². The molecule has 0 aliphatic carbocycles. The summed E-state index contributed by atoms with van der Waals surface area (Å²) < 4.78 is 5.11. The largest absolute Gasteiger partial charge is 0.475 e. The molecule has 2 unspecified atom stereocenters. The number of carbonyl (C=O) groups is 1. The first-order valence-corrected chi connectivity index (χ1v) is 6.16. The van der Waals surface area contributed by atoms with Crippen LogP contribution in [0.3, 0.4) is 0 Å². The molecule has 1 aromatic carbocycles. The number of furan rings is 1. The molecule has 0 fully saturated rings. The van der Waals surface area contributed by atoms with Crippen molar-refractivity contribution in [1.82, 2.24) is 0 Å². The number of aromatic carboxylic acids is 1. The molecule has 21 heavy (non-hydrogen) atoms. The molecule has 0 aliphatic rings. The van der Waals surface area contributed by atoms with Crippen LogP contribution in [0.25, 0.3) is 21.4 Å². The van der Waals surface area contributed by atoms with Crippen molar-refractivity contribution in [3.8, 4) is 0 Å². The van der Waals surface area contributed by atoms with E-state index in [2.05, 4.69) is 10.0 Å². The number of aliphatic hydroxyl groups excluding tert-OH is 2. The minimum Gasteiger partial charge on any atom is -0.475 e. The summed E-state index contributed by atoms with van der Waals surface area (Å²) in [6.07, 6.45) is -2.13. The normalized spacial score (nSPS) is 13.6. The number of fused-ring (bicyclic) bond motifs is 1. The molecule has 0 amide bonds. The predicted molar refractivity (Wildman–Crippen MR) is 72.8 cm³/mol. The highest BCUT2D eigenvalue weighted by Gasteiger charge is 2.19. The Hall–Kier alpha value is -2.54. The fraction of sp³-hybridized carbons (Fsp3) is 0.308. The van der Waals surface area contributed by atoms with Crippen LogP contribution in [0.15, 0.2) is 33.8 Å². The van der Waals surface area contributed by atoms with Crippen LogP contribution < -0.4 is 0 Å². The zero-order valence-corrected chi connectivity index (χ0v) is 10.9. The van der Waals surface area contributed by atoms with Gasteiger partial charge in [-0.2, -0.15) is 0 Å². The zero-order valence-electron chi connectivity index (χ0n) is 10.9. The third kappa shape index (κ3) is 3.32. The summed E-state index contributed by atoms with van der Waals surface area (Å²) in [5.74, 6) is -1.37. The average molecular weight is 291 g/mol. The third-order valence-corrected chi connectivity index (χ3v) is 3.05. The molecule has 110 valence electrons. The van der Waals surface area contributed by atoms with Crippen molar-refractivity contribution < 1.29 is 24.5 Å². The Kier molecular flexibility index (Phi) is 4.44. The fourth-order valence-electron chi connectivity index (χ4n) is 1.97. The zero-order chi connectivity index (χ0) is 15.4. The number of nitrogens with zero attached hydrogens (tertiary/aromatic N) is 3. The van der Waals surface area contributed by atoms with Gasteiger partial charge in [0.1, 0.15) is 11.7 Å². The number of azide groups is 1. The average Bonchev–Trinajstić information content (AvgIpc) is 2.89. The summed E-state index contributed by atoms with van der Waals surface area (Å²) in [4.78, 5) is 13.4. The van der Waals surface area contributed by atoms with E-state index < -0.39 is 18.2 Å². The quantitative estimate of drug-likeness (QED) is 0.425. The first-order valence-electron chi connectivity index (χ1n) is 6.16. The van der Waals surface area contributed by atoms with E-state index in [1.165, 1.54) is 12.1 Å². The summed E-state index contributed by atoms with van der Waals surface area (Å²) in [6, 6.07) is 5.96. The summed E-state index contributed by atoms with van der Waals surface area (Å²) >= 11 is 0. The maximum Gasteiger partial charge on any atom is 0.371 e. The molecule has 0 aliphatic heterocycles.